The Morgan fingerprint density at radius 3 is 2.07 bits per heavy atom. The van der Waals surface area contributed by atoms with Crippen molar-refractivity contribution in [1.29, 1.82) is 0 Å². The fourth-order valence-corrected chi connectivity index (χ4v) is 5.36. The number of alkyl carbamates (subject to hydrolysis) is 1. The molecule has 0 atom stereocenters. The van der Waals surface area contributed by atoms with Crippen LogP contribution in [0.15, 0.2) is 72.2 Å². The molecule has 2 aliphatic rings. The molecule has 0 radical (unpaired) electrons. The van der Waals surface area contributed by atoms with Crippen LogP contribution in [0.5, 0.6) is 0 Å². The van der Waals surface area contributed by atoms with Crippen molar-refractivity contribution in [3.8, 4) is 11.1 Å². The van der Waals surface area contributed by atoms with Crippen molar-refractivity contribution in [2.45, 2.75) is 51.7 Å². The summed E-state index contributed by atoms with van der Waals surface area (Å²) in [6.07, 6.45) is 1.36. The molecule has 0 aromatic heterocycles. The molecular weight excluding hydrogens is 517 g/mol. The van der Waals surface area contributed by atoms with E-state index in [9.17, 15) is 9.59 Å². The fourth-order valence-electron chi connectivity index (χ4n) is 5.36. The molecule has 41 heavy (non-hydrogen) atoms. The molecule has 8 heteroatoms. The first-order chi connectivity index (χ1) is 19.5. The Labute approximate surface area is 242 Å². The van der Waals surface area contributed by atoms with Gasteiger partial charge in [-0.25, -0.2) is 9.59 Å². The quantitative estimate of drug-likeness (QED) is 0.272. The van der Waals surface area contributed by atoms with Gasteiger partial charge in [0.2, 0.25) is 0 Å². The van der Waals surface area contributed by atoms with Gasteiger partial charge in [0.05, 0.1) is 23.9 Å². The van der Waals surface area contributed by atoms with Crippen molar-refractivity contribution in [1.82, 2.24) is 5.32 Å². The van der Waals surface area contributed by atoms with E-state index in [2.05, 4.69) is 29.6 Å². The molecule has 3 aromatic carbocycles. The molecule has 0 unspecified atom stereocenters. The SMILES string of the molecule is COC(=O)c1cccc(C=C(CNC(=O)OCC2c3ccccc3-c3ccccc32)B2OC(C)(C)C(C)(C)O2)c1C. The number of hydrogen-bond acceptors (Lipinski definition) is 6. The zero-order valence-corrected chi connectivity index (χ0v) is 24.4. The highest BCUT2D eigenvalue weighted by atomic mass is 16.7. The van der Waals surface area contributed by atoms with Crippen molar-refractivity contribution >= 4 is 25.3 Å². The molecule has 0 spiro atoms. The van der Waals surface area contributed by atoms with Crippen LogP contribution in [0, 0.1) is 6.92 Å². The third kappa shape index (κ3) is 5.54. The summed E-state index contributed by atoms with van der Waals surface area (Å²) in [4.78, 5) is 25.3. The largest absolute Gasteiger partial charge is 0.492 e. The highest BCUT2D eigenvalue weighted by Crippen LogP contribution is 2.44. The zero-order valence-electron chi connectivity index (χ0n) is 24.4. The van der Waals surface area contributed by atoms with E-state index < -0.39 is 30.4 Å². The monoisotopic (exact) mass is 553 g/mol. The van der Waals surface area contributed by atoms with E-state index in [1.165, 1.54) is 18.2 Å². The Morgan fingerprint density at radius 2 is 1.49 bits per heavy atom. The van der Waals surface area contributed by atoms with Gasteiger partial charge in [0, 0.05) is 12.5 Å². The average Bonchev–Trinajstić information content (AvgIpc) is 3.39. The minimum atomic E-state index is -0.699. The Balaban J connectivity index is 1.34. The summed E-state index contributed by atoms with van der Waals surface area (Å²) in [5.74, 6) is -0.443. The molecule has 1 N–H and O–H groups in total. The van der Waals surface area contributed by atoms with Gasteiger partial charge in [-0.3, -0.25) is 0 Å². The second-order valence-corrected chi connectivity index (χ2v) is 11.5. The number of benzene rings is 3. The molecule has 1 aliphatic heterocycles. The number of fused-ring (bicyclic) bond motifs is 3. The summed E-state index contributed by atoms with van der Waals surface area (Å²) >= 11 is 0. The van der Waals surface area contributed by atoms with E-state index in [0.29, 0.717) is 11.0 Å². The number of rotatable bonds is 7. The van der Waals surface area contributed by atoms with Crippen LogP contribution in [0.2, 0.25) is 0 Å². The van der Waals surface area contributed by atoms with Crippen molar-refractivity contribution in [3.63, 3.8) is 0 Å². The summed E-state index contributed by atoms with van der Waals surface area (Å²) in [6, 6.07) is 21.9. The van der Waals surface area contributed by atoms with Crippen LogP contribution in [0.4, 0.5) is 4.79 Å². The molecular formula is C33H36BNO6. The number of methoxy groups -OCH3 is 1. The van der Waals surface area contributed by atoms with Gasteiger partial charge in [-0.1, -0.05) is 66.7 Å². The first-order valence-electron chi connectivity index (χ1n) is 13.9. The first kappa shape index (κ1) is 28.6. The molecule has 1 saturated heterocycles. The molecule has 1 fully saturated rings. The van der Waals surface area contributed by atoms with E-state index in [1.54, 1.807) is 12.1 Å². The van der Waals surface area contributed by atoms with Gasteiger partial charge < -0.3 is 24.1 Å². The molecule has 1 heterocycles. The first-order valence-corrected chi connectivity index (χ1v) is 13.9. The topological polar surface area (TPSA) is 83.1 Å². The van der Waals surface area contributed by atoms with Gasteiger partial charge in [0.25, 0.3) is 0 Å². The minimum absolute atomic E-state index is 0.0324. The van der Waals surface area contributed by atoms with Gasteiger partial charge in [-0.2, -0.15) is 0 Å². The predicted molar refractivity (Wildman–Crippen MR) is 160 cm³/mol. The van der Waals surface area contributed by atoms with E-state index in [1.807, 2.05) is 71.0 Å². The van der Waals surface area contributed by atoms with Crippen LogP contribution in [0.25, 0.3) is 17.2 Å². The highest BCUT2D eigenvalue weighted by Gasteiger charge is 2.52. The molecule has 1 aliphatic carbocycles. The van der Waals surface area contributed by atoms with Crippen LogP contribution in [-0.4, -0.2) is 50.6 Å². The summed E-state index contributed by atoms with van der Waals surface area (Å²) < 4.78 is 23.3. The standard InChI is InChI=1S/C33H36BNO6/c1-21-22(12-11-17-24(21)30(36)38-6)18-23(34-40-32(2,3)33(4,5)41-34)19-35-31(37)39-20-29-27-15-9-7-13-25(27)26-14-8-10-16-28(26)29/h7-18,29H,19-20H2,1-6H3,(H,35,37). The smallest absolute Gasteiger partial charge is 0.465 e. The Bertz CT molecular complexity index is 1450. The summed E-state index contributed by atoms with van der Waals surface area (Å²) in [5.41, 5.74) is 6.25. The van der Waals surface area contributed by atoms with E-state index in [0.717, 1.165) is 22.3 Å². The van der Waals surface area contributed by atoms with Crippen molar-refractivity contribution in [2.75, 3.05) is 20.3 Å². The molecule has 212 valence electrons. The second-order valence-electron chi connectivity index (χ2n) is 11.5. The fraction of sp³-hybridized carbons (Fsp3) is 0.333. The molecule has 5 rings (SSSR count). The predicted octanol–water partition coefficient (Wildman–Crippen LogP) is 6.34. The number of amides is 1. The number of hydrogen-bond donors (Lipinski definition) is 1. The minimum Gasteiger partial charge on any atom is -0.465 e. The van der Waals surface area contributed by atoms with Gasteiger partial charge >= 0.3 is 19.2 Å². The van der Waals surface area contributed by atoms with Crippen molar-refractivity contribution in [3.05, 3.63) is 100 Å². The van der Waals surface area contributed by atoms with Crippen LogP contribution in [-0.2, 0) is 18.8 Å². The summed E-state index contributed by atoms with van der Waals surface area (Å²) in [7, 11) is 0.661. The number of nitrogens with one attached hydrogen (secondary N) is 1. The van der Waals surface area contributed by atoms with Crippen LogP contribution in [0.1, 0.15) is 66.2 Å². The van der Waals surface area contributed by atoms with Crippen LogP contribution in [0.3, 0.4) is 0 Å². The summed E-state index contributed by atoms with van der Waals surface area (Å²) in [5, 5.41) is 2.89. The lowest BCUT2D eigenvalue weighted by Gasteiger charge is -2.32. The maximum atomic E-state index is 13.0. The van der Waals surface area contributed by atoms with Crippen LogP contribution >= 0.6 is 0 Å². The maximum Gasteiger partial charge on any atom is 0.492 e. The third-order valence-electron chi connectivity index (χ3n) is 8.46. The highest BCUT2D eigenvalue weighted by molar-refractivity contribution is 6.56. The molecule has 3 aromatic rings. The lowest BCUT2D eigenvalue weighted by molar-refractivity contribution is 0.00578. The van der Waals surface area contributed by atoms with Crippen LogP contribution < -0.4 is 5.32 Å². The van der Waals surface area contributed by atoms with E-state index in [-0.39, 0.29) is 19.1 Å². The molecule has 0 saturated carbocycles. The lowest BCUT2D eigenvalue weighted by atomic mass is 9.76. The third-order valence-corrected chi connectivity index (χ3v) is 8.46. The summed E-state index contributed by atoms with van der Waals surface area (Å²) in [6.45, 7) is 10.1. The van der Waals surface area contributed by atoms with Crippen molar-refractivity contribution < 1.29 is 28.4 Å². The number of carbonyl (C=O) groups excluding carboxylic acids is 2. The lowest BCUT2D eigenvalue weighted by Crippen LogP contribution is -2.41. The Kier molecular flexibility index (Phi) is 7.81. The van der Waals surface area contributed by atoms with Gasteiger partial charge in [-0.15, -0.1) is 0 Å². The number of ether oxygens (including phenoxy) is 2. The molecule has 1 amide bonds. The normalized spacial score (nSPS) is 17.1. The van der Waals surface area contributed by atoms with Gasteiger partial charge in [0.15, 0.2) is 0 Å². The van der Waals surface area contributed by atoms with E-state index in [4.69, 9.17) is 18.8 Å². The Hall–Kier alpha value is -3.88. The second kappa shape index (κ2) is 11.2. The average molecular weight is 553 g/mol. The number of carbonyl (C=O) groups is 2. The zero-order chi connectivity index (χ0) is 29.4. The Morgan fingerprint density at radius 1 is 0.902 bits per heavy atom. The number of esters is 1. The van der Waals surface area contributed by atoms with Gasteiger partial charge in [-0.05, 0) is 79.5 Å². The molecule has 0 bridgehead atoms. The van der Waals surface area contributed by atoms with Gasteiger partial charge in [0.1, 0.15) is 6.61 Å². The maximum absolute atomic E-state index is 13.0. The molecule has 7 nitrogen and oxygen atoms in total. The van der Waals surface area contributed by atoms with Crippen molar-refractivity contribution in [2.24, 2.45) is 0 Å². The van der Waals surface area contributed by atoms with E-state index >= 15 is 0 Å².